The molecule has 1 aliphatic carbocycles. The third-order valence-corrected chi connectivity index (χ3v) is 6.81. The Labute approximate surface area is 129 Å². The topological polar surface area (TPSA) is 91.7 Å². The van der Waals surface area contributed by atoms with E-state index < -0.39 is 38.3 Å². The first kappa shape index (κ1) is 15.4. The number of fused-ring (bicyclic) bond motifs is 1. The fourth-order valence-corrected chi connectivity index (χ4v) is 5.66. The van der Waals surface area contributed by atoms with Gasteiger partial charge in [-0.2, -0.15) is 0 Å². The minimum absolute atomic E-state index is 0.0890. The molecule has 1 aromatic carbocycles. The normalized spacial score (nSPS) is 35.5. The number of aliphatic hydroxyl groups excluding tert-OH is 1. The lowest BCUT2D eigenvalue weighted by Gasteiger charge is -2.24. The van der Waals surface area contributed by atoms with Crippen molar-refractivity contribution in [3.05, 3.63) is 46.9 Å². The highest BCUT2D eigenvalue weighted by molar-refractivity contribution is 7.95. The van der Waals surface area contributed by atoms with Crippen molar-refractivity contribution < 1.29 is 23.4 Å². The molecule has 1 fully saturated rings. The number of benzene rings is 1. The molecule has 118 valence electrons. The van der Waals surface area contributed by atoms with Crippen molar-refractivity contribution in [2.45, 2.75) is 36.7 Å². The second-order valence-electron chi connectivity index (χ2n) is 6.10. The molecule has 5 nitrogen and oxygen atoms in total. The van der Waals surface area contributed by atoms with Crippen LogP contribution < -0.4 is 0 Å². The Kier molecular flexibility index (Phi) is 3.51. The number of carbonyl (C=O) groups is 1. The van der Waals surface area contributed by atoms with Gasteiger partial charge < -0.3 is 10.2 Å². The number of Topliss-reactive ketones (excluding diaryl/α,β-unsaturated/α-hetero) is 1. The molecule has 1 saturated carbocycles. The third kappa shape index (κ3) is 2.14. The van der Waals surface area contributed by atoms with Gasteiger partial charge >= 0.3 is 0 Å². The Bertz CT molecular complexity index is 734. The van der Waals surface area contributed by atoms with Gasteiger partial charge in [0.1, 0.15) is 5.60 Å². The molecular weight excluding hydrogens is 304 g/mol. The molecule has 2 N–H and O–H groups in total. The molecule has 0 aromatic heterocycles. The van der Waals surface area contributed by atoms with E-state index in [4.69, 9.17) is 5.11 Å². The highest BCUT2D eigenvalue weighted by Crippen LogP contribution is 2.52. The van der Waals surface area contributed by atoms with Gasteiger partial charge in [0.15, 0.2) is 15.6 Å². The first-order valence-electron chi connectivity index (χ1n) is 7.15. The SMILES string of the molecule is CC(=O)[C@@]1(O)C[C@@H](c2ccc(CO)cc2)[C@H]2[C@@H]1C=CS2(=O)=O. The van der Waals surface area contributed by atoms with Crippen LogP contribution in [0.3, 0.4) is 0 Å². The maximum atomic E-state index is 12.3. The summed E-state index contributed by atoms with van der Waals surface area (Å²) in [4.78, 5) is 11.9. The Balaban J connectivity index is 2.06. The standard InChI is InChI=1S/C16H18O5S/c1-10(18)16(19)8-13(12-4-2-11(9-17)3-5-12)15-14(16)6-7-22(15,20)21/h2-7,13-15,17,19H,8-9H2,1H3/t13-,14-,15-,16-/m0/s1. The van der Waals surface area contributed by atoms with E-state index in [2.05, 4.69) is 0 Å². The highest BCUT2D eigenvalue weighted by Gasteiger charge is 2.60. The van der Waals surface area contributed by atoms with Gasteiger partial charge in [-0.3, -0.25) is 4.79 Å². The summed E-state index contributed by atoms with van der Waals surface area (Å²) < 4.78 is 24.6. The van der Waals surface area contributed by atoms with Crippen LogP contribution in [0, 0.1) is 5.92 Å². The lowest BCUT2D eigenvalue weighted by Crippen LogP contribution is -2.42. The fourth-order valence-electron chi connectivity index (χ4n) is 3.65. The molecule has 2 aliphatic rings. The Hall–Kier alpha value is -1.50. The minimum Gasteiger partial charge on any atom is -0.392 e. The van der Waals surface area contributed by atoms with Crippen LogP contribution in [0.2, 0.25) is 0 Å². The Morgan fingerprint density at radius 2 is 1.95 bits per heavy atom. The van der Waals surface area contributed by atoms with Gasteiger partial charge in [-0.15, -0.1) is 0 Å². The van der Waals surface area contributed by atoms with Crippen molar-refractivity contribution in [2.24, 2.45) is 5.92 Å². The van der Waals surface area contributed by atoms with Gasteiger partial charge in [0, 0.05) is 17.2 Å². The van der Waals surface area contributed by atoms with Crippen molar-refractivity contribution in [1.82, 2.24) is 0 Å². The molecule has 0 unspecified atom stereocenters. The van der Waals surface area contributed by atoms with E-state index in [0.717, 1.165) is 16.5 Å². The molecule has 1 aliphatic heterocycles. The summed E-state index contributed by atoms with van der Waals surface area (Å²) in [6.45, 7) is 1.21. The number of sulfone groups is 1. The monoisotopic (exact) mass is 322 g/mol. The first-order valence-corrected chi connectivity index (χ1v) is 8.76. The van der Waals surface area contributed by atoms with E-state index >= 15 is 0 Å². The maximum Gasteiger partial charge on any atom is 0.175 e. The van der Waals surface area contributed by atoms with Crippen LogP contribution in [0.4, 0.5) is 0 Å². The second kappa shape index (κ2) is 5.01. The lowest BCUT2D eigenvalue weighted by atomic mass is 9.87. The van der Waals surface area contributed by atoms with E-state index in [1.54, 1.807) is 24.3 Å². The molecule has 0 amide bonds. The van der Waals surface area contributed by atoms with Crippen molar-refractivity contribution in [2.75, 3.05) is 0 Å². The molecule has 0 radical (unpaired) electrons. The van der Waals surface area contributed by atoms with E-state index in [1.807, 2.05) is 0 Å². The molecule has 22 heavy (non-hydrogen) atoms. The molecule has 6 heteroatoms. The van der Waals surface area contributed by atoms with Gasteiger partial charge in [0.25, 0.3) is 0 Å². The molecule has 4 atom stereocenters. The Morgan fingerprint density at radius 3 is 2.50 bits per heavy atom. The smallest absolute Gasteiger partial charge is 0.175 e. The van der Waals surface area contributed by atoms with Gasteiger partial charge in [0.2, 0.25) is 0 Å². The van der Waals surface area contributed by atoms with Gasteiger partial charge in [-0.25, -0.2) is 8.42 Å². The van der Waals surface area contributed by atoms with E-state index in [9.17, 15) is 18.3 Å². The van der Waals surface area contributed by atoms with Crippen LogP contribution in [0.1, 0.15) is 30.4 Å². The number of rotatable bonds is 3. The molecule has 3 rings (SSSR count). The van der Waals surface area contributed by atoms with Crippen LogP contribution >= 0.6 is 0 Å². The van der Waals surface area contributed by atoms with Crippen molar-refractivity contribution in [1.29, 1.82) is 0 Å². The summed E-state index contributed by atoms with van der Waals surface area (Å²) in [6, 6.07) is 6.97. The number of hydrogen-bond donors (Lipinski definition) is 2. The average Bonchev–Trinajstić information content (AvgIpc) is 2.97. The van der Waals surface area contributed by atoms with Crippen molar-refractivity contribution in [3.63, 3.8) is 0 Å². The summed E-state index contributed by atoms with van der Waals surface area (Å²) >= 11 is 0. The second-order valence-corrected chi connectivity index (χ2v) is 8.09. The third-order valence-electron chi connectivity index (χ3n) is 4.89. The van der Waals surface area contributed by atoms with E-state index in [1.165, 1.54) is 13.0 Å². The summed E-state index contributed by atoms with van der Waals surface area (Å²) in [5.41, 5.74) is -0.144. The quantitative estimate of drug-likeness (QED) is 0.863. The number of ketones is 1. The lowest BCUT2D eigenvalue weighted by molar-refractivity contribution is -0.137. The van der Waals surface area contributed by atoms with Crippen LogP contribution in [0.15, 0.2) is 35.7 Å². The van der Waals surface area contributed by atoms with Crippen LogP contribution in [0.25, 0.3) is 0 Å². The summed E-state index contributed by atoms with van der Waals surface area (Å²) in [7, 11) is -3.48. The zero-order valence-corrected chi connectivity index (χ0v) is 13.0. The molecular formula is C16H18O5S. The molecule has 0 saturated heterocycles. The number of hydrogen-bond acceptors (Lipinski definition) is 5. The van der Waals surface area contributed by atoms with Crippen LogP contribution in [0.5, 0.6) is 0 Å². The van der Waals surface area contributed by atoms with Crippen molar-refractivity contribution >= 4 is 15.6 Å². The average molecular weight is 322 g/mol. The summed E-state index contributed by atoms with van der Waals surface area (Å²) in [6.07, 6.45) is 1.54. The van der Waals surface area contributed by atoms with E-state index in [-0.39, 0.29) is 13.0 Å². The highest BCUT2D eigenvalue weighted by atomic mass is 32.2. The fraction of sp³-hybridized carbons (Fsp3) is 0.438. The molecule has 0 bridgehead atoms. The summed E-state index contributed by atoms with van der Waals surface area (Å²) in [5.74, 6) is -1.54. The predicted octanol–water partition coefficient (Wildman–Crippen LogP) is 0.913. The predicted molar refractivity (Wildman–Crippen MR) is 80.7 cm³/mol. The van der Waals surface area contributed by atoms with E-state index in [0.29, 0.717) is 0 Å². The van der Waals surface area contributed by atoms with Crippen LogP contribution in [-0.4, -0.2) is 35.3 Å². The minimum atomic E-state index is -3.48. The summed E-state index contributed by atoms with van der Waals surface area (Å²) in [5, 5.41) is 20.1. The molecule has 1 heterocycles. The number of carbonyl (C=O) groups excluding carboxylic acids is 1. The van der Waals surface area contributed by atoms with Crippen LogP contribution in [-0.2, 0) is 21.2 Å². The largest absolute Gasteiger partial charge is 0.392 e. The Morgan fingerprint density at radius 1 is 1.32 bits per heavy atom. The van der Waals surface area contributed by atoms with Gasteiger partial charge in [-0.05, 0) is 24.5 Å². The van der Waals surface area contributed by atoms with Gasteiger partial charge in [-0.1, -0.05) is 30.3 Å². The van der Waals surface area contributed by atoms with Crippen molar-refractivity contribution in [3.8, 4) is 0 Å². The molecule has 1 aromatic rings. The number of aliphatic hydroxyl groups is 2. The molecule has 0 spiro atoms. The zero-order valence-electron chi connectivity index (χ0n) is 12.1. The van der Waals surface area contributed by atoms with Gasteiger partial charge in [0.05, 0.1) is 11.9 Å². The maximum absolute atomic E-state index is 12.3. The first-order chi connectivity index (χ1) is 10.3. The zero-order chi connectivity index (χ0) is 16.1.